The van der Waals surface area contributed by atoms with Crippen LogP contribution in [-0.4, -0.2) is 63.3 Å². The molecular weight excluding hydrogens is 482 g/mol. The van der Waals surface area contributed by atoms with E-state index in [4.69, 9.17) is 9.15 Å². The Kier molecular flexibility index (Phi) is 5.72. The van der Waals surface area contributed by atoms with E-state index in [-0.39, 0.29) is 11.4 Å². The predicted molar refractivity (Wildman–Crippen MR) is 134 cm³/mol. The number of benzene rings is 1. The molecule has 3 N–H and O–H groups in total. The van der Waals surface area contributed by atoms with Crippen LogP contribution < -0.4 is 15.0 Å². The SMILES string of the molecule is Cc1cc2c(F)c(Oc3nc(Nc4cc(-c5ccco5)[nH]n4)cc(N4CCN(C)CC4)n3)c(F)cc2[nH]1. The first-order valence-corrected chi connectivity index (χ1v) is 11.8. The van der Waals surface area contributed by atoms with Crippen LogP contribution in [0.25, 0.3) is 22.4 Å². The van der Waals surface area contributed by atoms with Crippen LogP contribution in [0.2, 0.25) is 0 Å². The molecule has 10 nitrogen and oxygen atoms in total. The van der Waals surface area contributed by atoms with E-state index in [1.807, 2.05) is 6.07 Å². The number of anilines is 3. The largest absolute Gasteiger partial charge is 0.463 e. The van der Waals surface area contributed by atoms with Crippen LogP contribution in [0.4, 0.5) is 26.2 Å². The van der Waals surface area contributed by atoms with Gasteiger partial charge in [-0.2, -0.15) is 15.1 Å². The summed E-state index contributed by atoms with van der Waals surface area (Å²) in [5.74, 6) is -0.206. The zero-order chi connectivity index (χ0) is 25.5. The Morgan fingerprint density at radius 1 is 1.05 bits per heavy atom. The van der Waals surface area contributed by atoms with E-state index in [0.717, 1.165) is 26.2 Å². The highest BCUT2D eigenvalue weighted by molar-refractivity contribution is 5.83. The van der Waals surface area contributed by atoms with Crippen LogP contribution in [0.5, 0.6) is 11.8 Å². The van der Waals surface area contributed by atoms with Gasteiger partial charge in [0.2, 0.25) is 5.75 Å². The van der Waals surface area contributed by atoms with Crippen LogP contribution >= 0.6 is 0 Å². The summed E-state index contributed by atoms with van der Waals surface area (Å²) in [4.78, 5) is 16.1. The van der Waals surface area contributed by atoms with Gasteiger partial charge in [-0.05, 0) is 32.2 Å². The fourth-order valence-electron chi connectivity index (χ4n) is 4.30. The molecule has 0 bridgehead atoms. The van der Waals surface area contributed by atoms with Crippen molar-refractivity contribution in [2.24, 2.45) is 0 Å². The van der Waals surface area contributed by atoms with Crippen LogP contribution in [0.3, 0.4) is 0 Å². The second-order valence-corrected chi connectivity index (χ2v) is 8.97. The van der Waals surface area contributed by atoms with Gasteiger partial charge in [0.15, 0.2) is 23.2 Å². The Morgan fingerprint density at radius 2 is 1.89 bits per heavy atom. The summed E-state index contributed by atoms with van der Waals surface area (Å²) in [6.07, 6.45) is 1.57. The van der Waals surface area contributed by atoms with Crippen molar-refractivity contribution in [1.82, 2.24) is 30.0 Å². The van der Waals surface area contributed by atoms with Crippen molar-refractivity contribution < 1.29 is 17.9 Å². The Morgan fingerprint density at radius 3 is 2.68 bits per heavy atom. The summed E-state index contributed by atoms with van der Waals surface area (Å²) >= 11 is 0. The van der Waals surface area contributed by atoms with Crippen molar-refractivity contribution in [3.05, 3.63) is 60.0 Å². The molecule has 5 heterocycles. The summed E-state index contributed by atoms with van der Waals surface area (Å²) in [6, 6.07) is 9.72. The number of fused-ring (bicyclic) bond motifs is 1. The quantitative estimate of drug-likeness (QED) is 0.301. The lowest BCUT2D eigenvalue weighted by molar-refractivity contribution is 0.311. The van der Waals surface area contributed by atoms with E-state index >= 15 is 4.39 Å². The number of H-pyrrole nitrogens is 2. The molecule has 190 valence electrons. The summed E-state index contributed by atoms with van der Waals surface area (Å²) in [6.45, 7) is 4.93. The number of ether oxygens (including phenoxy) is 1. The van der Waals surface area contributed by atoms with Gasteiger partial charge in [-0.1, -0.05) is 0 Å². The van der Waals surface area contributed by atoms with E-state index in [2.05, 4.69) is 47.3 Å². The molecule has 1 aliphatic rings. The Hall–Kier alpha value is -4.45. The number of likely N-dealkylation sites (N-methyl/N-ethyl adjacent to an activating group) is 1. The molecule has 6 rings (SSSR count). The number of nitrogens with zero attached hydrogens (tertiary/aromatic N) is 5. The number of rotatable bonds is 6. The summed E-state index contributed by atoms with van der Waals surface area (Å²) in [5, 5.41) is 10.5. The van der Waals surface area contributed by atoms with Gasteiger partial charge in [0.1, 0.15) is 17.3 Å². The monoisotopic (exact) mass is 506 g/mol. The van der Waals surface area contributed by atoms with Gasteiger partial charge in [0.25, 0.3) is 0 Å². The predicted octanol–water partition coefficient (Wildman–Crippen LogP) is 4.82. The molecule has 0 spiro atoms. The minimum atomic E-state index is -0.856. The van der Waals surface area contributed by atoms with E-state index in [0.29, 0.717) is 40.1 Å². The van der Waals surface area contributed by atoms with Gasteiger partial charge in [-0.3, -0.25) is 5.10 Å². The number of hydrogen-bond acceptors (Lipinski definition) is 8. The highest BCUT2D eigenvalue weighted by Crippen LogP contribution is 2.34. The number of aromatic amines is 2. The first kappa shape index (κ1) is 23.0. The molecular formula is C25H24F2N8O2. The molecule has 37 heavy (non-hydrogen) atoms. The molecule has 1 aliphatic heterocycles. The summed E-state index contributed by atoms with van der Waals surface area (Å²) in [7, 11) is 2.05. The van der Waals surface area contributed by atoms with Gasteiger partial charge >= 0.3 is 6.01 Å². The maximum Gasteiger partial charge on any atom is 0.326 e. The lowest BCUT2D eigenvalue weighted by atomic mass is 10.2. The second kappa shape index (κ2) is 9.21. The topological polar surface area (TPSA) is 111 Å². The van der Waals surface area contributed by atoms with E-state index in [1.165, 1.54) is 6.07 Å². The highest BCUT2D eigenvalue weighted by atomic mass is 19.1. The molecule has 1 saturated heterocycles. The number of aryl methyl sites for hydroxylation is 1. The van der Waals surface area contributed by atoms with Crippen molar-refractivity contribution in [3.63, 3.8) is 0 Å². The maximum atomic E-state index is 15.2. The zero-order valence-electron chi connectivity index (χ0n) is 20.2. The van der Waals surface area contributed by atoms with Crippen molar-refractivity contribution in [2.75, 3.05) is 43.4 Å². The first-order valence-electron chi connectivity index (χ1n) is 11.8. The van der Waals surface area contributed by atoms with Crippen LogP contribution in [0.15, 0.2) is 47.1 Å². The molecule has 0 amide bonds. The molecule has 5 aromatic rings. The zero-order valence-corrected chi connectivity index (χ0v) is 20.2. The molecule has 12 heteroatoms. The maximum absolute atomic E-state index is 15.2. The van der Waals surface area contributed by atoms with Gasteiger partial charge in [-0.15, -0.1) is 0 Å². The third-order valence-electron chi connectivity index (χ3n) is 6.24. The molecule has 1 fully saturated rings. The fraction of sp³-hybridized carbons (Fsp3) is 0.240. The lowest BCUT2D eigenvalue weighted by Gasteiger charge is -2.33. The summed E-state index contributed by atoms with van der Waals surface area (Å²) in [5.41, 5.74) is 1.73. The molecule has 0 aliphatic carbocycles. The number of aromatic nitrogens is 5. The third kappa shape index (κ3) is 4.58. The van der Waals surface area contributed by atoms with Gasteiger partial charge in [-0.25, -0.2) is 8.78 Å². The summed E-state index contributed by atoms with van der Waals surface area (Å²) < 4.78 is 41.1. The van der Waals surface area contributed by atoms with E-state index in [1.54, 1.807) is 37.5 Å². The van der Waals surface area contributed by atoms with E-state index in [9.17, 15) is 4.39 Å². The number of piperazine rings is 1. The Labute approximate surface area is 210 Å². The average molecular weight is 507 g/mol. The van der Waals surface area contributed by atoms with Crippen LogP contribution in [-0.2, 0) is 0 Å². The van der Waals surface area contributed by atoms with Gasteiger partial charge in [0.05, 0.1) is 11.8 Å². The molecule has 0 saturated carbocycles. The lowest BCUT2D eigenvalue weighted by Crippen LogP contribution is -2.44. The second-order valence-electron chi connectivity index (χ2n) is 8.97. The Balaban J connectivity index is 1.35. The van der Waals surface area contributed by atoms with Crippen LogP contribution in [0.1, 0.15) is 5.69 Å². The van der Waals surface area contributed by atoms with Gasteiger partial charge in [0, 0.05) is 55.5 Å². The molecule has 0 unspecified atom stereocenters. The minimum absolute atomic E-state index is 0.190. The van der Waals surface area contributed by atoms with Gasteiger partial charge < -0.3 is 29.3 Å². The normalized spacial score (nSPS) is 14.4. The standard InChI is InChI=1S/C25H24F2N8O2/c1-14-10-15-17(28-14)11-16(26)24(23(15)27)37-25-30-20(13-22(31-25)35-7-5-34(2)6-8-35)29-21-12-18(32-33-21)19-4-3-9-36-19/h3-4,9-13,28H,5-8H2,1-2H3,(H2,29,30,31,32,33). The first-order chi connectivity index (χ1) is 17.9. The van der Waals surface area contributed by atoms with Crippen molar-refractivity contribution >= 4 is 28.4 Å². The number of halogens is 2. The number of hydrogen-bond donors (Lipinski definition) is 3. The number of furan rings is 1. The molecule has 1 aromatic carbocycles. The van der Waals surface area contributed by atoms with Crippen molar-refractivity contribution in [2.45, 2.75) is 6.92 Å². The molecule has 0 radical (unpaired) electrons. The van der Waals surface area contributed by atoms with Crippen molar-refractivity contribution in [1.29, 1.82) is 0 Å². The average Bonchev–Trinajstić information content (AvgIpc) is 3.63. The van der Waals surface area contributed by atoms with Crippen molar-refractivity contribution in [3.8, 4) is 23.2 Å². The third-order valence-corrected chi connectivity index (χ3v) is 6.24. The number of nitrogens with one attached hydrogen (secondary N) is 3. The van der Waals surface area contributed by atoms with E-state index < -0.39 is 17.4 Å². The molecule has 4 aromatic heterocycles. The van der Waals surface area contributed by atoms with Crippen LogP contribution in [0, 0.1) is 18.6 Å². The smallest absolute Gasteiger partial charge is 0.326 e. The molecule has 0 atom stereocenters. The minimum Gasteiger partial charge on any atom is -0.463 e. The Bertz CT molecular complexity index is 1550. The fourth-order valence-corrected chi connectivity index (χ4v) is 4.30. The highest BCUT2D eigenvalue weighted by Gasteiger charge is 2.22.